The fraction of sp³-hybridized carbons (Fsp3) is 0.500. The van der Waals surface area contributed by atoms with Crippen molar-refractivity contribution in [2.24, 2.45) is 0 Å². The number of nitrogen functional groups attached to an aromatic ring is 1. The van der Waals surface area contributed by atoms with Gasteiger partial charge in [-0.05, 0) is 25.0 Å². The molecule has 0 atom stereocenters. The van der Waals surface area contributed by atoms with E-state index in [0.717, 1.165) is 25.9 Å². The van der Waals surface area contributed by atoms with Gasteiger partial charge in [0.1, 0.15) is 5.82 Å². The molecule has 16 heavy (non-hydrogen) atoms. The van der Waals surface area contributed by atoms with E-state index in [1.54, 1.807) is 12.1 Å². The van der Waals surface area contributed by atoms with Crippen LogP contribution >= 0.6 is 0 Å². The molecule has 0 unspecified atom stereocenters. The first-order valence-corrected chi connectivity index (χ1v) is 5.59. The number of aliphatic hydroxyl groups excluding tert-OH is 1. The van der Waals surface area contributed by atoms with Gasteiger partial charge in [0, 0.05) is 30.9 Å². The molecule has 1 saturated heterocycles. The normalized spacial score (nSPS) is 18.9. The predicted octanol–water partition coefficient (Wildman–Crippen LogP) is 1.36. The van der Waals surface area contributed by atoms with E-state index in [1.807, 2.05) is 0 Å². The van der Waals surface area contributed by atoms with Crippen LogP contribution in [0.3, 0.4) is 0 Å². The molecule has 0 aromatic heterocycles. The van der Waals surface area contributed by atoms with Crippen molar-refractivity contribution in [2.45, 2.75) is 25.5 Å². The van der Waals surface area contributed by atoms with Crippen molar-refractivity contribution in [3.8, 4) is 0 Å². The molecule has 88 valence electrons. The quantitative estimate of drug-likeness (QED) is 0.746. The lowest BCUT2D eigenvalue weighted by molar-refractivity contribution is 0.0787. The summed E-state index contributed by atoms with van der Waals surface area (Å²) >= 11 is 0. The van der Waals surface area contributed by atoms with Gasteiger partial charge >= 0.3 is 0 Å². The van der Waals surface area contributed by atoms with Crippen molar-refractivity contribution < 1.29 is 9.50 Å². The molecule has 4 heteroatoms. The van der Waals surface area contributed by atoms with Crippen molar-refractivity contribution in [3.05, 3.63) is 29.6 Å². The zero-order chi connectivity index (χ0) is 11.5. The second kappa shape index (κ2) is 4.80. The van der Waals surface area contributed by atoms with Crippen LogP contribution < -0.4 is 5.73 Å². The minimum absolute atomic E-state index is 0.187. The van der Waals surface area contributed by atoms with Gasteiger partial charge in [-0.25, -0.2) is 4.39 Å². The number of anilines is 1. The highest BCUT2D eigenvalue weighted by Gasteiger charge is 2.17. The van der Waals surface area contributed by atoms with Crippen LogP contribution in [0.2, 0.25) is 0 Å². The minimum Gasteiger partial charge on any atom is -0.399 e. The van der Waals surface area contributed by atoms with Crippen LogP contribution in [0.15, 0.2) is 18.2 Å². The van der Waals surface area contributed by atoms with Crippen LogP contribution in [0.5, 0.6) is 0 Å². The number of piperidine rings is 1. The molecule has 1 aromatic carbocycles. The van der Waals surface area contributed by atoms with Gasteiger partial charge in [0.15, 0.2) is 0 Å². The second-order valence-electron chi connectivity index (χ2n) is 4.36. The molecule has 1 heterocycles. The summed E-state index contributed by atoms with van der Waals surface area (Å²) in [6, 6.07) is 4.81. The highest BCUT2D eigenvalue weighted by molar-refractivity contribution is 5.40. The Morgan fingerprint density at radius 3 is 2.69 bits per heavy atom. The highest BCUT2D eigenvalue weighted by atomic mass is 19.1. The average Bonchev–Trinajstić information content (AvgIpc) is 2.25. The Balaban J connectivity index is 1.98. The van der Waals surface area contributed by atoms with E-state index in [-0.39, 0.29) is 11.9 Å². The lowest BCUT2D eigenvalue weighted by Crippen LogP contribution is -2.35. The first kappa shape index (κ1) is 11.4. The molecule has 0 saturated carbocycles. The third-order valence-corrected chi connectivity index (χ3v) is 3.03. The number of nitrogens with zero attached hydrogens (tertiary/aromatic N) is 1. The average molecular weight is 224 g/mol. The SMILES string of the molecule is Nc1ccc(CN2CCC(O)CC2)c(F)c1. The van der Waals surface area contributed by atoms with Crippen molar-refractivity contribution in [2.75, 3.05) is 18.8 Å². The Kier molecular flexibility index (Phi) is 3.41. The first-order valence-electron chi connectivity index (χ1n) is 5.59. The van der Waals surface area contributed by atoms with Gasteiger partial charge in [-0.2, -0.15) is 0 Å². The number of nitrogens with two attached hydrogens (primary N) is 1. The fourth-order valence-electron chi connectivity index (χ4n) is 2.01. The molecule has 0 spiro atoms. The molecule has 0 aliphatic carbocycles. The summed E-state index contributed by atoms with van der Waals surface area (Å²) in [5.41, 5.74) is 6.62. The number of rotatable bonds is 2. The molecule has 1 aliphatic rings. The summed E-state index contributed by atoms with van der Waals surface area (Å²) in [7, 11) is 0. The van der Waals surface area contributed by atoms with Gasteiger partial charge in [0.05, 0.1) is 6.10 Å². The van der Waals surface area contributed by atoms with E-state index in [0.29, 0.717) is 17.8 Å². The molecule has 1 aliphatic heterocycles. The molecule has 3 nitrogen and oxygen atoms in total. The molecule has 0 radical (unpaired) electrons. The van der Waals surface area contributed by atoms with Crippen molar-refractivity contribution in [1.29, 1.82) is 0 Å². The molecular formula is C12H17FN2O. The van der Waals surface area contributed by atoms with Gasteiger partial charge in [0.2, 0.25) is 0 Å². The second-order valence-corrected chi connectivity index (χ2v) is 4.36. The maximum absolute atomic E-state index is 13.5. The summed E-state index contributed by atoms with van der Waals surface area (Å²) in [6.07, 6.45) is 1.36. The monoisotopic (exact) mass is 224 g/mol. The zero-order valence-electron chi connectivity index (χ0n) is 9.19. The predicted molar refractivity (Wildman–Crippen MR) is 61.3 cm³/mol. The van der Waals surface area contributed by atoms with E-state index < -0.39 is 0 Å². The Morgan fingerprint density at radius 2 is 2.06 bits per heavy atom. The number of halogens is 1. The van der Waals surface area contributed by atoms with E-state index in [1.165, 1.54) is 6.07 Å². The summed E-state index contributed by atoms with van der Waals surface area (Å²) < 4.78 is 13.5. The van der Waals surface area contributed by atoms with E-state index >= 15 is 0 Å². The van der Waals surface area contributed by atoms with Crippen molar-refractivity contribution >= 4 is 5.69 Å². The van der Waals surface area contributed by atoms with Crippen LogP contribution in [0.25, 0.3) is 0 Å². The minimum atomic E-state index is -0.244. The van der Waals surface area contributed by atoms with Gasteiger partial charge in [-0.15, -0.1) is 0 Å². The topological polar surface area (TPSA) is 49.5 Å². The molecular weight excluding hydrogens is 207 g/mol. The number of aliphatic hydroxyl groups is 1. The largest absolute Gasteiger partial charge is 0.399 e. The van der Waals surface area contributed by atoms with Gasteiger partial charge < -0.3 is 10.8 Å². The van der Waals surface area contributed by atoms with Crippen LogP contribution in [-0.2, 0) is 6.54 Å². The third kappa shape index (κ3) is 2.71. The molecule has 2 rings (SSSR count). The van der Waals surface area contributed by atoms with Crippen LogP contribution in [0.1, 0.15) is 18.4 Å². The summed E-state index contributed by atoms with van der Waals surface area (Å²) in [4.78, 5) is 2.15. The number of likely N-dealkylation sites (tertiary alicyclic amines) is 1. The Labute approximate surface area is 94.7 Å². The number of benzene rings is 1. The first-order chi connectivity index (χ1) is 7.65. The summed E-state index contributed by atoms with van der Waals surface area (Å²) in [5.74, 6) is -0.244. The Hall–Kier alpha value is -1.13. The van der Waals surface area contributed by atoms with Crippen LogP contribution in [0.4, 0.5) is 10.1 Å². The maximum atomic E-state index is 13.5. The molecule has 1 fully saturated rings. The standard InChI is InChI=1S/C12H17FN2O/c13-12-7-10(14)2-1-9(12)8-15-5-3-11(16)4-6-15/h1-2,7,11,16H,3-6,8,14H2. The van der Waals surface area contributed by atoms with Crippen molar-refractivity contribution in [3.63, 3.8) is 0 Å². The smallest absolute Gasteiger partial charge is 0.129 e. The van der Waals surface area contributed by atoms with Gasteiger partial charge in [0.25, 0.3) is 0 Å². The number of hydrogen-bond donors (Lipinski definition) is 2. The van der Waals surface area contributed by atoms with Gasteiger partial charge in [-0.3, -0.25) is 4.90 Å². The Morgan fingerprint density at radius 1 is 1.38 bits per heavy atom. The third-order valence-electron chi connectivity index (χ3n) is 3.03. The van der Waals surface area contributed by atoms with E-state index in [2.05, 4.69) is 4.90 Å². The number of hydrogen-bond acceptors (Lipinski definition) is 3. The maximum Gasteiger partial charge on any atom is 0.129 e. The summed E-state index contributed by atoms with van der Waals surface area (Å²) in [6.45, 7) is 2.24. The Bertz CT molecular complexity index is 362. The van der Waals surface area contributed by atoms with Crippen molar-refractivity contribution in [1.82, 2.24) is 4.90 Å². The highest BCUT2D eigenvalue weighted by Crippen LogP contribution is 2.17. The van der Waals surface area contributed by atoms with E-state index in [4.69, 9.17) is 5.73 Å². The van der Waals surface area contributed by atoms with Gasteiger partial charge in [-0.1, -0.05) is 6.07 Å². The summed E-state index contributed by atoms with van der Waals surface area (Å²) in [5, 5.41) is 9.37. The molecule has 3 N–H and O–H groups in total. The zero-order valence-corrected chi connectivity index (χ0v) is 9.19. The lowest BCUT2D eigenvalue weighted by atomic mass is 10.1. The molecule has 0 bridgehead atoms. The molecule has 1 aromatic rings. The van der Waals surface area contributed by atoms with Crippen LogP contribution in [-0.4, -0.2) is 29.2 Å². The molecule has 0 amide bonds. The fourth-order valence-corrected chi connectivity index (χ4v) is 2.01. The lowest BCUT2D eigenvalue weighted by Gasteiger charge is -2.29. The van der Waals surface area contributed by atoms with E-state index in [9.17, 15) is 9.50 Å². The van der Waals surface area contributed by atoms with Crippen LogP contribution in [0, 0.1) is 5.82 Å².